The van der Waals surface area contributed by atoms with Crippen LogP contribution >= 0.6 is 15.9 Å². The van der Waals surface area contributed by atoms with Gasteiger partial charge in [0, 0.05) is 36.5 Å². The lowest BCUT2D eigenvalue weighted by atomic mass is 10.0. The molecule has 0 saturated heterocycles. The molecule has 0 fully saturated rings. The Morgan fingerprint density at radius 1 is 0.880 bits per heavy atom. The maximum atomic E-state index is 12.9. The fraction of sp³-hybridized carbons (Fsp3) is 0.105. The molecule has 4 aromatic rings. The number of hydrogen-bond donors (Lipinski definition) is 0. The monoisotopic (exact) mass is 394 g/mol. The summed E-state index contributed by atoms with van der Waals surface area (Å²) in [6.07, 6.45) is 3.35. The molecule has 2 aromatic heterocycles. The zero-order valence-electron chi connectivity index (χ0n) is 13.8. The summed E-state index contributed by atoms with van der Waals surface area (Å²) in [5.41, 5.74) is 4.95. The van der Waals surface area contributed by atoms with Crippen LogP contribution in [0.1, 0.15) is 0 Å². The molecule has 0 aliphatic carbocycles. The first-order valence-electron chi connectivity index (χ1n) is 7.79. The molecule has 0 radical (unpaired) electrons. The van der Waals surface area contributed by atoms with Crippen LogP contribution in [-0.2, 0) is 14.1 Å². The Morgan fingerprint density at radius 3 is 2.40 bits per heavy atom. The van der Waals surface area contributed by atoms with Crippen molar-refractivity contribution in [1.29, 1.82) is 0 Å². The quantitative estimate of drug-likeness (QED) is 0.519. The van der Waals surface area contributed by atoms with Crippen LogP contribution < -0.4 is 5.56 Å². The van der Waals surface area contributed by atoms with Gasteiger partial charge in [0.1, 0.15) is 0 Å². The van der Waals surface area contributed by atoms with Gasteiger partial charge in [0.05, 0.1) is 22.3 Å². The highest BCUT2D eigenvalue weighted by atomic mass is 79.9. The van der Waals surface area contributed by atoms with Gasteiger partial charge >= 0.3 is 0 Å². The molecule has 0 aliphatic heterocycles. The summed E-state index contributed by atoms with van der Waals surface area (Å²) in [6.45, 7) is 0. The van der Waals surface area contributed by atoms with E-state index in [2.05, 4.69) is 25.9 Å². The molecule has 2 aromatic carbocycles. The fourth-order valence-corrected chi connectivity index (χ4v) is 3.46. The normalized spacial score (nSPS) is 11.2. The first kappa shape index (κ1) is 15.8. The number of aromatic nitrogens is 4. The minimum atomic E-state index is -0.0326. The molecule has 2 heterocycles. The van der Waals surface area contributed by atoms with Crippen molar-refractivity contribution < 1.29 is 0 Å². The summed E-state index contributed by atoms with van der Waals surface area (Å²) in [7, 11) is 3.66. The van der Waals surface area contributed by atoms with Gasteiger partial charge < -0.3 is 0 Å². The lowest BCUT2D eigenvalue weighted by Gasteiger charge is -2.09. The predicted octanol–water partition coefficient (Wildman–Crippen LogP) is 3.76. The molecule has 0 aliphatic rings. The SMILES string of the molecule is Cn1c(-c2ccc3nccnc3c2)c(-c2cccc(Br)c2)c(=O)n1C. The summed E-state index contributed by atoms with van der Waals surface area (Å²) in [4.78, 5) is 21.5. The van der Waals surface area contributed by atoms with Crippen LogP contribution in [0.5, 0.6) is 0 Å². The average molecular weight is 395 g/mol. The van der Waals surface area contributed by atoms with Gasteiger partial charge in [0.25, 0.3) is 5.56 Å². The van der Waals surface area contributed by atoms with Gasteiger partial charge in [-0.3, -0.25) is 24.1 Å². The zero-order chi connectivity index (χ0) is 17.6. The van der Waals surface area contributed by atoms with Gasteiger partial charge in [-0.25, -0.2) is 0 Å². The van der Waals surface area contributed by atoms with E-state index in [0.29, 0.717) is 5.56 Å². The summed E-state index contributed by atoms with van der Waals surface area (Å²) in [6, 6.07) is 13.7. The van der Waals surface area contributed by atoms with Gasteiger partial charge in [-0.15, -0.1) is 0 Å². The standard InChI is InChI=1S/C19H15BrN4O/c1-23-18(13-6-7-15-16(11-13)22-9-8-21-15)17(19(25)24(23)2)12-4-3-5-14(20)10-12/h3-11H,1-2H3. The fourth-order valence-electron chi connectivity index (χ4n) is 3.06. The Balaban J connectivity index is 2.03. The smallest absolute Gasteiger partial charge is 0.274 e. The molecule has 0 spiro atoms. The molecule has 0 N–H and O–H groups in total. The molecule has 0 atom stereocenters. The number of rotatable bonds is 2. The Labute approximate surface area is 152 Å². The summed E-state index contributed by atoms with van der Waals surface area (Å²) < 4.78 is 4.42. The molecule has 0 amide bonds. The highest BCUT2D eigenvalue weighted by Gasteiger charge is 2.19. The summed E-state index contributed by atoms with van der Waals surface area (Å²) in [5, 5.41) is 0. The molecule has 25 heavy (non-hydrogen) atoms. The van der Waals surface area contributed by atoms with E-state index in [4.69, 9.17) is 0 Å². The van der Waals surface area contributed by atoms with Crippen molar-refractivity contribution in [3.05, 3.63) is 69.7 Å². The van der Waals surface area contributed by atoms with Gasteiger partial charge in [0.15, 0.2) is 0 Å². The van der Waals surface area contributed by atoms with Crippen molar-refractivity contribution in [1.82, 2.24) is 19.3 Å². The van der Waals surface area contributed by atoms with Crippen LogP contribution in [-0.4, -0.2) is 19.3 Å². The number of hydrogen-bond acceptors (Lipinski definition) is 3. The van der Waals surface area contributed by atoms with E-state index in [0.717, 1.165) is 32.3 Å². The Bertz CT molecular complexity index is 1160. The van der Waals surface area contributed by atoms with Crippen molar-refractivity contribution in [3.8, 4) is 22.4 Å². The lowest BCUT2D eigenvalue weighted by molar-refractivity contribution is 0.584. The highest BCUT2D eigenvalue weighted by molar-refractivity contribution is 9.10. The molecule has 5 nitrogen and oxygen atoms in total. The van der Waals surface area contributed by atoms with Gasteiger partial charge in [-0.2, -0.15) is 0 Å². The third-order valence-corrected chi connectivity index (χ3v) is 4.87. The predicted molar refractivity (Wildman–Crippen MR) is 102 cm³/mol. The van der Waals surface area contributed by atoms with Crippen molar-refractivity contribution in [2.24, 2.45) is 14.1 Å². The van der Waals surface area contributed by atoms with Crippen molar-refractivity contribution in [3.63, 3.8) is 0 Å². The van der Waals surface area contributed by atoms with Gasteiger partial charge in [-0.1, -0.05) is 34.1 Å². The second-order valence-corrected chi connectivity index (χ2v) is 6.76. The van der Waals surface area contributed by atoms with Crippen LogP contribution in [0.25, 0.3) is 33.4 Å². The Hall–Kier alpha value is -2.73. The van der Waals surface area contributed by atoms with E-state index in [1.165, 1.54) is 0 Å². The van der Waals surface area contributed by atoms with E-state index < -0.39 is 0 Å². The number of fused-ring (bicyclic) bond motifs is 1. The van der Waals surface area contributed by atoms with E-state index in [-0.39, 0.29) is 5.56 Å². The van der Waals surface area contributed by atoms with Gasteiger partial charge in [-0.05, 0) is 29.8 Å². The topological polar surface area (TPSA) is 52.7 Å². The minimum absolute atomic E-state index is 0.0326. The molecule has 6 heteroatoms. The van der Waals surface area contributed by atoms with E-state index in [1.807, 2.05) is 54.2 Å². The Kier molecular flexibility index (Phi) is 3.77. The Morgan fingerprint density at radius 2 is 1.64 bits per heavy atom. The molecular weight excluding hydrogens is 380 g/mol. The molecule has 0 saturated carbocycles. The average Bonchev–Trinajstić information content (AvgIpc) is 2.85. The number of nitrogens with zero attached hydrogens (tertiary/aromatic N) is 4. The van der Waals surface area contributed by atoms with Crippen molar-refractivity contribution in [2.75, 3.05) is 0 Å². The summed E-state index contributed by atoms with van der Waals surface area (Å²) in [5.74, 6) is 0. The lowest BCUT2D eigenvalue weighted by Crippen LogP contribution is -2.17. The maximum Gasteiger partial charge on any atom is 0.274 e. The third kappa shape index (κ3) is 2.59. The molecule has 4 rings (SSSR count). The molecular formula is C19H15BrN4O. The minimum Gasteiger partial charge on any atom is -0.285 e. The third-order valence-electron chi connectivity index (χ3n) is 4.37. The highest BCUT2D eigenvalue weighted by Crippen LogP contribution is 2.32. The van der Waals surface area contributed by atoms with E-state index in [1.54, 1.807) is 24.1 Å². The number of halogens is 1. The molecule has 0 unspecified atom stereocenters. The van der Waals surface area contributed by atoms with E-state index in [9.17, 15) is 4.79 Å². The van der Waals surface area contributed by atoms with E-state index >= 15 is 0 Å². The van der Waals surface area contributed by atoms with Gasteiger partial charge in [0.2, 0.25) is 0 Å². The zero-order valence-corrected chi connectivity index (χ0v) is 15.4. The van der Waals surface area contributed by atoms with Crippen LogP contribution in [0, 0.1) is 0 Å². The van der Waals surface area contributed by atoms with Crippen molar-refractivity contribution in [2.45, 2.75) is 0 Å². The van der Waals surface area contributed by atoms with Crippen LogP contribution in [0.3, 0.4) is 0 Å². The second kappa shape index (κ2) is 5.97. The van der Waals surface area contributed by atoms with Crippen molar-refractivity contribution >= 4 is 27.0 Å². The molecule has 0 bridgehead atoms. The summed E-state index contributed by atoms with van der Waals surface area (Å²) >= 11 is 3.49. The first-order valence-corrected chi connectivity index (χ1v) is 8.58. The molecule has 124 valence electrons. The largest absolute Gasteiger partial charge is 0.285 e. The first-order chi connectivity index (χ1) is 12.1. The number of benzene rings is 2. The van der Waals surface area contributed by atoms with Crippen LogP contribution in [0.4, 0.5) is 0 Å². The van der Waals surface area contributed by atoms with Crippen LogP contribution in [0.2, 0.25) is 0 Å². The van der Waals surface area contributed by atoms with Crippen LogP contribution in [0.15, 0.2) is 64.1 Å². The maximum absolute atomic E-state index is 12.9. The second-order valence-electron chi connectivity index (χ2n) is 5.85.